The minimum atomic E-state index is -0.391. The number of aromatic hydroxyl groups is 1. The highest BCUT2D eigenvalue weighted by Gasteiger charge is 2.16. The first-order valence-corrected chi connectivity index (χ1v) is 6.20. The van der Waals surface area contributed by atoms with Gasteiger partial charge in [0.05, 0.1) is 18.2 Å². The molecule has 0 aliphatic heterocycles. The Morgan fingerprint density at radius 2 is 2.06 bits per heavy atom. The molecule has 0 saturated heterocycles. The molecule has 1 unspecified atom stereocenters. The van der Waals surface area contributed by atoms with Crippen LogP contribution in [-0.4, -0.2) is 30.0 Å². The lowest BCUT2D eigenvalue weighted by Gasteiger charge is -2.14. The monoisotopic (exact) mass is 389 g/mol. The van der Waals surface area contributed by atoms with Gasteiger partial charge in [0, 0.05) is 6.04 Å². The Morgan fingerprint density at radius 3 is 2.53 bits per heavy atom. The van der Waals surface area contributed by atoms with Gasteiger partial charge in [-0.25, -0.2) is 0 Å². The van der Waals surface area contributed by atoms with Gasteiger partial charge in [0.25, 0.3) is 0 Å². The Labute approximate surface area is 123 Å². The summed E-state index contributed by atoms with van der Waals surface area (Å²) in [6.07, 6.45) is 0.392. The van der Waals surface area contributed by atoms with Crippen molar-refractivity contribution >= 4 is 44.3 Å². The number of halogens is 3. The molecule has 98 valence electrons. The van der Waals surface area contributed by atoms with Crippen LogP contribution < -0.4 is 10.5 Å². The van der Waals surface area contributed by atoms with Gasteiger partial charge in [0.15, 0.2) is 5.75 Å². The minimum absolute atomic E-state index is 0. The topological polar surface area (TPSA) is 75.7 Å². The zero-order valence-corrected chi connectivity index (χ0v) is 13.1. The molecule has 1 atom stereocenters. The van der Waals surface area contributed by atoms with E-state index in [9.17, 15) is 5.11 Å². The quantitative estimate of drug-likeness (QED) is 0.736. The standard InChI is InChI=1S/C10H13Br2NO3.ClH/c1-16-10-7(11)3-5(2-6(13)4-14)9(15)8(10)12;/h3,6,14-15H,2,4,13H2,1H3;1H. The Bertz CT molecular complexity index is 390. The highest BCUT2D eigenvalue weighted by molar-refractivity contribution is 9.11. The van der Waals surface area contributed by atoms with Crippen LogP contribution in [0.1, 0.15) is 5.56 Å². The highest BCUT2D eigenvalue weighted by Crippen LogP contribution is 2.42. The van der Waals surface area contributed by atoms with E-state index in [1.807, 2.05) is 0 Å². The van der Waals surface area contributed by atoms with Crippen molar-refractivity contribution in [3.8, 4) is 11.5 Å². The molecule has 0 aliphatic rings. The van der Waals surface area contributed by atoms with Crippen LogP contribution in [0.4, 0.5) is 0 Å². The maximum absolute atomic E-state index is 9.89. The van der Waals surface area contributed by atoms with E-state index in [0.717, 1.165) is 4.47 Å². The SMILES string of the molecule is COc1c(Br)cc(CC(N)CO)c(O)c1Br.Cl. The fourth-order valence-electron chi connectivity index (χ4n) is 1.33. The van der Waals surface area contributed by atoms with E-state index in [4.69, 9.17) is 15.6 Å². The van der Waals surface area contributed by atoms with Gasteiger partial charge in [-0.1, -0.05) is 0 Å². The second kappa shape index (κ2) is 7.43. The average Bonchev–Trinajstić information content (AvgIpc) is 2.26. The molecule has 0 aliphatic carbocycles. The van der Waals surface area contributed by atoms with Crippen LogP contribution in [0.3, 0.4) is 0 Å². The van der Waals surface area contributed by atoms with Crippen LogP contribution in [0.25, 0.3) is 0 Å². The van der Waals surface area contributed by atoms with Crippen LogP contribution in [0, 0.1) is 0 Å². The van der Waals surface area contributed by atoms with E-state index < -0.39 is 6.04 Å². The summed E-state index contributed by atoms with van der Waals surface area (Å²) < 4.78 is 6.31. The zero-order chi connectivity index (χ0) is 12.3. The van der Waals surface area contributed by atoms with Crippen molar-refractivity contribution < 1.29 is 14.9 Å². The van der Waals surface area contributed by atoms with Gasteiger partial charge in [-0.15, -0.1) is 12.4 Å². The number of aliphatic hydroxyl groups is 1. The summed E-state index contributed by atoms with van der Waals surface area (Å²) in [4.78, 5) is 0. The van der Waals surface area contributed by atoms with Gasteiger partial charge in [0.2, 0.25) is 0 Å². The first-order valence-electron chi connectivity index (χ1n) is 4.61. The molecular weight excluding hydrogens is 377 g/mol. The van der Waals surface area contributed by atoms with Gasteiger partial charge >= 0.3 is 0 Å². The van der Waals surface area contributed by atoms with Gasteiger partial charge in [-0.05, 0) is 49.9 Å². The Kier molecular flexibility index (Phi) is 7.43. The molecule has 0 radical (unpaired) electrons. The molecule has 0 heterocycles. The fraction of sp³-hybridized carbons (Fsp3) is 0.400. The van der Waals surface area contributed by atoms with Crippen LogP contribution in [0.2, 0.25) is 0 Å². The van der Waals surface area contributed by atoms with Crippen molar-refractivity contribution in [1.82, 2.24) is 0 Å². The second-order valence-corrected chi connectivity index (χ2v) is 5.01. The number of hydrogen-bond donors (Lipinski definition) is 3. The Morgan fingerprint density at radius 1 is 1.47 bits per heavy atom. The Hall–Kier alpha value is -0.0100. The van der Waals surface area contributed by atoms with Gasteiger partial charge < -0.3 is 20.7 Å². The molecule has 0 amide bonds. The molecule has 0 saturated carbocycles. The molecule has 0 bridgehead atoms. The summed E-state index contributed by atoms with van der Waals surface area (Å²) in [5, 5.41) is 18.8. The predicted octanol–water partition coefficient (Wildman–Crippen LogP) is 2.21. The molecule has 4 N–H and O–H groups in total. The zero-order valence-electron chi connectivity index (χ0n) is 9.11. The highest BCUT2D eigenvalue weighted by atomic mass is 79.9. The summed E-state index contributed by atoms with van der Waals surface area (Å²) >= 11 is 6.58. The van der Waals surface area contributed by atoms with E-state index in [1.165, 1.54) is 7.11 Å². The molecule has 1 aromatic rings. The van der Waals surface area contributed by atoms with Crippen molar-refractivity contribution in [2.75, 3.05) is 13.7 Å². The molecule has 17 heavy (non-hydrogen) atoms. The molecule has 0 fully saturated rings. The van der Waals surface area contributed by atoms with E-state index >= 15 is 0 Å². The van der Waals surface area contributed by atoms with Crippen molar-refractivity contribution in [1.29, 1.82) is 0 Å². The Balaban J connectivity index is 0.00000256. The van der Waals surface area contributed by atoms with E-state index in [1.54, 1.807) is 6.07 Å². The molecule has 0 aromatic heterocycles. The largest absolute Gasteiger partial charge is 0.506 e. The van der Waals surface area contributed by atoms with Gasteiger partial charge in [-0.3, -0.25) is 0 Å². The summed E-state index contributed by atoms with van der Waals surface area (Å²) in [6, 6.07) is 1.34. The summed E-state index contributed by atoms with van der Waals surface area (Å²) in [5.74, 6) is 0.614. The lowest BCUT2D eigenvalue weighted by atomic mass is 10.1. The third-order valence-electron chi connectivity index (χ3n) is 2.15. The third kappa shape index (κ3) is 3.99. The molecule has 7 heteroatoms. The maximum atomic E-state index is 9.89. The van der Waals surface area contributed by atoms with Crippen LogP contribution in [0.15, 0.2) is 15.0 Å². The van der Waals surface area contributed by atoms with Crippen LogP contribution >= 0.6 is 44.3 Å². The number of methoxy groups -OCH3 is 1. The normalized spacial score (nSPS) is 11.8. The van der Waals surface area contributed by atoms with E-state index in [-0.39, 0.29) is 24.8 Å². The lowest BCUT2D eigenvalue weighted by molar-refractivity contribution is 0.264. The number of benzene rings is 1. The molecular formula is C10H14Br2ClNO3. The third-order valence-corrected chi connectivity index (χ3v) is 3.47. The van der Waals surface area contributed by atoms with Gasteiger partial charge in [0.1, 0.15) is 10.2 Å². The molecule has 4 nitrogen and oxygen atoms in total. The summed E-state index contributed by atoms with van der Waals surface area (Å²) in [7, 11) is 1.52. The molecule has 1 aromatic carbocycles. The van der Waals surface area contributed by atoms with E-state index in [2.05, 4.69) is 31.9 Å². The number of hydrogen-bond acceptors (Lipinski definition) is 4. The van der Waals surface area contributed by atoms with Gasteiger partial charge in [-0.2, -0.15) is 0 Å². The van der Waals surface area contributed by atoms with Crippen molar-refractivity contribution in [2.24, 2.45) is 5.73 Å². The van der Waals surface area contributed by atoms with Crippen LogP contribution in [0.5, 0.6) is 11.5 Å². The van der Waals surface area contributed by atoms with Crippen LogP contribution in [-0.2, 0) is 6.42 Å². The average molecular weight is 391 g/mol. The molecule has 0 spiro atoms. The smallest absolute Gasteiger partial charge is 0.150 e. The minimum Gasteiger partial charge on any atom is -0.506 e. The fourth-order valence-corrected chi connectivity index (χ4v) is 2.86. The van der Waals surface area contributed by atoms with Crippen molar-refractivity contribution in [2.45, 2.75) is 12.5 Å². The summed E-state index contributed by atoms with van der Waals surface area (Å²) in [6.45, 7) is -0.124. The van der Waals surface area contributed by atoms with Crippen molar-refractivity contribution in [3.63, 3.8) is 0 Å². The first-order chi connectivity index (χ1) is 7.51. The predicted molar refractivity (Wildman–Crippen MR) is 76.1 cm³/mol. The molecule has 1 rings (SSSR count). The maximum Gasteiger partial charge on any atom is 0.150 e. The number of nitrogens with two attached hydrogens (primary N) is 1. The second-order valence-electron chi connectivity index (χ2n) is 3.36. The van der Waals surface area contributed by atoms with E-state index in [0.29, 0.717) is 22.2 Å². The van der Waals surface area contributed by atoms with Crippen molar-refractivity contribution in [3.05, 3.63) is 20.6 Å². The number of aliphatic hydroxyl groups excluding tert-OH is 1. The number of ether oxygens (including phenoxy) is 1. The first kappa shape index (κ1) is 17.0. The summed E-state index contributed by atoms with van der Waals surface area (Å²) in [5.41, 5.74) is 6.28. The number of phenols is 1. The number of phenolic OH excluding ortho intramolecular Hbond substituents is 1. The number of rotatable bonds is 4. The lowest BCUT2D eigenvalue weighted by Crippen LogP contribution is -2.26.